The molecule has 52 heavy (non-hydrogen) atoms. The summed E-state index contributed by atoms with van der Waals surface area (Å²) < 4.78 is 64.7. The number of hydrogen-bond donors (Lipinski definition) is 6. The van der Waals surface area contributed by atoms with E-state index in [-0.39, 0.29) is 28.5 Å². The maximum atomic E-state index is 12.8. The highest BCUT2D eigenvalue weighted by atomic mass is 32.1. The number of nitrogens with zero attached hydrogens (tertiary/aromatic N) is 5. The first-order chi connectivity index (χ1) is 24.5. The predicted octanol–water partition coefficient (Wildman–Crippen LogP) is 1.16. The second kappa shape index (κ2) is 13.8. The number of aliphatic hydroxyl groups excluding tert-OH is 2. The zero-order chi connectivity index (χ0) is 37.2. The summed E-state index contributed by atoms with van der Waals surface area (Å²) in [5.41, 5.74) is 12.4. The van der Waals surface area contributed by atoms with E-state index < -0.39 is 89.5 Å². The van der Waals surface area contributed by atoms with Gasteiger partial charge in [0.25, 0.3) is 5.91 Å². The van der Waals surface area contributed by atoms with Gasteiger partial charge in [0.1, 0.15) is 58.9 Å². The highest BCUT2D eigenvalue weighted by molar-refractivity contribution is 7.61. The number of aromatic nitrogens is 5. The number of primary amides is 1. The molecule has 3 aliphatic rings. The number of hydrogen-bond acceptors (Lipinski definition) is 18. The zero-order valence-electron chi connectivity index (χ0n) is 27.1. The van der Waals surface area contributed by atoms with E-state index in [9.17, 15) is 33.9 Å². The molecule has 24 heteroatoms. The van der Waals surface area contributed by atoms with Gasteiger partial charge in [-0.3, -0.25) is 18.4 Å². The number of imidazole rings is 1. The number of thiazole rings is 1. The molecule has 0 bridgehead atoms. The van der Waals surface area contributed by atoms with Crippen LogP contribution >= 0.6 is 27.0 Å². The number of phosphoric ester groups is 2. The van der Waals surface area contributed by atoms with Crippen LogP contribution in [0.3, 0.4) is 0 Å². The molecule has 1 amide bonds. The molecule has 4 aromatic rings. The highest BCUT2D eigenvalue weighted by Gasteiger charge is 2.57. The summed E-state index contributed by atoms with van der Waals surface area (Å²) in [4.78, 5) is 49.3. The van der Waals surface area contributed by atoms with Crippen LogP contribution in [0.5, 0.6) is 0 Å². The predicted molar refractivity (Wildman–Crippen MR) is 176 cm³/mol. The van der Waals surface area contributed by atoms with Crippen molar-refractivity contribution < 1.29 is 66.2 Å². The van der Waals surface area contributed by atoms with Crippen LogP contribution in [0.2, 0.25) is 0 Å². The number of fused-ring (bicyclic) bond motifs is 2. The van der Waals surface area contributed by atoms with E-state index in [1.807, 2.05) is 6.07 Å². The number of aliphatic hydroxyl groups is 2. The Kier molecular flexibility index (Phi) is 9.85. The second-order valence-corrected chi connectivity index (χ2v) is 16.3. The van der Waals surface area contributed by atoms with Crippen LogP contribution in [0.4, 0.5) is 5.82 Å². The van der Waals surface area contributed by atoms with Gasteiger partial charge in [0.15, 0.2) is 29.3 Å². The van der Waals surface area contributed by atoms with E-state index in [4.69, 9.17) is 39.5 Å². The van der Waals surface area contributed by atoms with Gasteiger partial charge in [-0.2, -0.15) is 4.31 Å². The number of ether oxygens (including phenoxy) is 4. The van der Waals surface area contributed by atoms with Crippen LogP contribution in [0.1, 0.15) is 41.7 Å². The first-order valence-electron chi connectivity index (χ1n) is 15.5. The molecule has 3 fully saturated rings. The minimum absolute atomic E-state index is 0.0120. The smallest absolute Gasteiger partial charge is 0.387 e. The molecule has 280 valence electrons. The Morgan fingerprint density at radius 2 is 1.65 bits per heavy atom. The summed E-state index contributed by atoms with van der Waals surface area (Å²) in [5.74, 6) is -1.51. The zero-order valence-corrected chi connectivity index (χ0v) is 29.7. The molecule has 7 rings (SSSR count). The van der Waals surface area contributed by atoms with Crippen molar-refractivity contribution in [1.29, 1.82) is 0 Å². The van der Waals surface area contributed by atoms with Crippen molar-refractivity contribution in [2.75, 3.05) is 18.9 Å². The average molecular weight is 786 g/mol. The molecule has 8 N–H and O–H groups in total. The van der Waals surface area contributed by atoms with E-state index >= 15 is 0 Å². The molecule has 1 aromatic carbocycles. The fourth-order valence-electron chi connectivity index (χ4n) is 6.00. The average Bonchev–Trinajstić information content (AvgIpc) is 3.89. The molecule has 2 unspecified atom stereocenters. The van der Waals surface area contributed by atoms with Crippen molar-refractivity contribution in [1.82, 2.24) is 24.5 Å². The molecule has 10 atom stereocenters. The van der Waals surface area contributed by atoms with Gasteiger partial charge in [-0.25, -0.2) is 29.1 Å². The van der Waals surface area contributed by atoms with Crippen molar-refractivity contribution >= 4 is 49.9 Å². The molecule has 0 saturated carbocycles. The van der Waals surface area contributed by atoms with Gasteiger partial charge in [0.05, 0.1) is 19.5 Å². The summed E-state index contributed by atoms with van der Waals surface area (Å²) in [6.07, 6.45) is -8.25. The van der Waals surface area contributed by atoms with Crippen LogP contribution in [-0.4, -0.2) is 106 Å². The number of amides is 1. The largest absolute Gasteiger partial charge is 0.481 e. The number of anilines is 1. The Morgan fingerprint density at radius 1 is 0.981 bits per heavy atom. The Balaban J connectivity index is 0.979. The Bertz CT molecular complexity index is 2070. The number of rotatable bonds is 12. The number of carbonyl (C=O) groups is 1. The number of nitrogen functional groups attached to an aromatic ring is 1. The van der Waals surface area contributed by atoms with Crippen molar-refractivity contribution in [2.24, 2.45) is 5.73 Å². The molecular weight excluding hydrogens is 752 g/mol. The lowest BCUT2D eigenvalue weighted by Crippen LogP contribution is -2.33. The third-order valence-electron chi connectivity index (χ3n) is 8.27. The standard InChI is InChI=1S/C28H33N7O14P2S/c1-28(2)47-19-15(45-21(20(19)48-28)26-32-13(10-52-26)23(30)38)9-44-51(41,42)49-50(39,40)43-8-14-17(36)18(37)27(46-14)35-11-31-16-22(29)33-24(34-25(16)35)12-6-4-3-5-7-12/h3-7,10-11,14-15,17-21,27,36-37H,8-9H2,1-2H3,(H2,30,38)(H,39,40)(H,41,42)(H2,29,33,34)/t14-,15-,17-,18-,19-,20-,21-,27-/m1/s1. The van der Waals surface area contributed by atoms with Gasteiger partial charge in [-0.15, -0.1) is 11.3 Å². The van der Waals surface area contributed by atoms with E-state index in [0.29, 0.717) is 10.6 Å². The van der Waals surface area contributed by atoms with Crippen molar-refractivity contribution in [2.45, 2.75) is 68.6 Å². The molecule has 6 heterocycles. The normalized spacial score (nSPS) is 30.7. The summed E-state index contributed by atoms with van der Waals surface area (Å²) in [7, 11) is -10.7. The fourth-order valence-corrected chi connectivity index (χ4v) is 8.96. The monoisotopic (exact) mass is 785 g/mol. The molecule has 3 saturated heterocycles. The van der Waals surface area contributed by atoms with Crippen LogP contribution in [-0.2, 0) is 41.4 Å². The number of benzene rings is 1. The quantitative estimate of drug-likeness (QED) is 0.110. The van der Waals surface area contributed by atoms with Gasteiger partial charge in [0, 0.05) is 10.9 Å². The lowest BCUT2D eigenvalue weighted by atomic mass is 10.1. The SMILES string of the molecule is CC1(C)O[C@@H]2[C@H](O1)[C@@H](COP(=O)(O)OP(=O)(O)OC[C@H]1O[C@@H](n3cnc4c(N)nc(-c5ccccc5)nc43)[C@H](O)[C@@H]1O)O[C@H]2c1nc(C(N)=O)cs1. The van der Waals surface area contributed by atoms with E-state index in [1.54, 1.807) is 38.1 Å². The minimum atomic E-state index is -5.37. The number of carbonyl (C=O) groups excluding carboxylic acids is 1. The number of phosphoric acid groups is 2. The van der Waals surface area contributed by atoms with E-state index in [0.717, 1.165) is 11.3 Å². The summed E-state index contributed by atoms with van der Waals surface area (Å²) in [6, 6.07) is 8.93. The molecular formula is C28H33N7O14P2S. The van der Waals surface area contributed by atoms with Crippen LogP contribution in [0.25, 0.3) is 22.6 Å². The molecule has 3 aromatic heterocycles. The molecule has 0 aliphatic carbocycles. The van der Waals surface area contributed by atoms with Crippen LogP contribution in [0, 0.1) is 0 Å². The maximum Gasteiger partial charge on any atom is 0.481 e. The Hall–Kier alpha value is -3.31. The van der Waals surface area contributed by atoms with Crippen molar-refractivity contribution in [3.8, 4) is 11.4 Å². The fraction of sp³-hybridized carbons (Fsp3) is 0.464. The number of nitrogens with two attached hydrogens (primary N) is 2. The van der Waals surface area contributed by atoms with Gasteiger partial charge in [-0.1, -0.05) is 30.3 Å². The van der Waals surface area contributed by atoms with Crippen LogP contribution < -0.4 is 11.5 Å². The van der Waals surface area contributed by atoms with E-state index in [1.165, 1.54) is 16.3 Å². The lowest BCUT2D eigenvalue weighted by molar-refractivity contribution is -0.190. The van der Waals surface area contributed by atoms with Gasteiger partial charge >= 0.3 is 15.6 Å². The summed E-state index contributed by atoms with van der Waals surface area (Å²) in [6.45, 7) is 1.74. The first kappa shape index (κ1) is 37.0. The van der Waals surface area contributed by atoms with Gasteiger partial charge in [0.2, 0.25) is 0 Å². The van der Waals surface area contributed by atoms with Crippen molar-refractivity contribution in [3.63, 3.8) is 0 Å². The van der Waals surface area contributed by atoms with Gasteiger partial charge < -0.3 is 50.4 Å². The van der Waals surface area contributed by atoms with Crippen LogP contribution in [0.15, 0.2) is 42.0 Å². The topological polar surface area (TPSA) is 305 Å². The third kappa shape index (κ3) is 7.41. The second-order valence-electron chi connectivity index (χ2n) is 12.4. The highest BCUT2D eigenvalue weighted by Crippen LogP contribution is 2.61. The summed E-state index contributed by atoms with van der Waals surface area (Å²) >= 11 is 1.09. The third-order valence-corrected chi connectivity index (χ3v) is 11.8. The maximum absolute atomic E-state index is 12.8. The van der Waals surface area contributed by atoms with Gasteiger partial charge in [-0.05, 0) is 13.8 Å². The molecule has 0 radical (unpaired) electrons. The molecule has 0 spiro atoms. The first-order valence-corrected chi connectivity index (χ1v) is 19.4. The molecule has 21 nitrogen and oxygen atoms in total. The lowest BCUT2D eigenvalue weighted by Gasteiger charge is -2.24. The Labute approximate surface area is 297 Å². The Morgan fingerprint density at radius 3 is 2.33 bits per heavy atom. The summed E-state index contributed by atoms with van der Waals surface area (Å²) in [5, 5.41) is 23.3. The molecule has 3 aliphatic heterocycles. The van der Waals surface area contributed by atoms with E-state index in [2.05, 4.69) is 24.2 Å². The minimum Gasteiger partial charge on any atom is -0.387 e. The van der Waals surface area contributed by atoms with Crippen molar-refractivity contribution in [3.05, 3.63) is 52.7 Å².